The Morgan fingerprint density at radius 1 is 1.38 bits per heavy atom. The van der Waals surface area contributed by atoms with Crippen molar-refractivity contribution in [3.05, 3.63) is 36.0 Å². The second-order valence-electron chi connectivity index (χ2n) is 7.51. The first-order valence-electron chi connectivity index (χ1n) is 8.43. The summed E-state index contributed by atoms with van der Waals surface area (Å²) in [6, 6.07) is 0. The van der Waals surface area contributed by atoms with Crippen LogP contribution in [0.15, 0.2) is 36.0 Å². The molecule has 5 heteroatoms. The fourth-order valence-electron chi connectivity index (χ4n) is 3.78. The van der Waals surface area contributed by atoms with E-state index >= 15 is 0 Å². The minimum Gasteiger partial charge on any atom is -0.478 e. The largest absolute Gasteiger partial charge is 0.478 e. The average molecular weight is 334 g/mol. The molecule has 3 heterocycles. The maximum atomic E-state index is 10.7. The summed E-state index contributed by atoms with van der Waals surface area (Å²) in [5.74, 6) is -1.50. The third-order valence-electron chi connectivity index (χ3n) is 5.86. The normalized spacial score (nSPS) is 45.6. The van der Waals surface area contributed by atoms with Crippen LogP contribution in [0.3, 0.4) is 0 Å². The maximum absolute atomic E-state index is 10.7. The molecule has 2 fully saturated rings. The van der Waals surface area contributed by atoms with Crippen molar-refractivity contribution >= 4 is 5.97 Å². The molecule has 1 spiro atoms. The SMILES string of the molecule is CC(/C=C/C(=O)O)=C\[C@@H](C)[C@@]1(C)O[C@@]2(C)O[C@H](C=CC23CO3)[C@@H]1C. The lowest BCUT2D eigenvalue weighted by molar-refractivity contribution is -0.377. The summed E-state index contributed by atoms with van der Waals surface area (Å²) in [4.78, 5) is 10.7. The minimum atomic E-state index is -0.947. The second-order valence-corrected chi connectivity index (χ2v) is 7.51. The highest BCUT2D eigenvalue weighted by Gasteiger charge is 2.68. The van der Waals surface area contributed by atoms with Gasteiger partial charge in [-0.2, -0.15) is 0 Å². The molecule has 24 heavy (non-hydrogen) atoms. The number of hydrogen-bond donors (Lipinski definition) is 1. The summed E-state index contributed by atoms with van der Waals surface area (Å²) < 4.78 is 18.4. The van der Waals surface area contributed by atoms with Gasteiger partial charge in [-0.3, -0.25) is 0 Å². The van der Waals surface area contributed by atoms with E-state index in [0.29, 0.717) is 6.61 Å². The summed E-state index contributed by atoms with van der Waals surface area (Å²) in [5.41, 5.74) is -0.0107. The summed E-state index contributed by atoms with van der Waals surface area (Å²) in [6.07, 6.45) is 8.98. The van der Waals surface area contributed by atoms with E-state index in [9.17, 15) is 4.79 Å². The Balaban J connectivity index is 1.87. The lowest BCUT2D eigenvalue weighted by atomic mass is 9.73. The van der Waals surface area contributed by atoms with Crippen molar-refractivity contribution in [1.29, 1.82) is 0 Å². The topological polar surface area (TPSA) is 68.3 Å². The van der Waals surface area contributed by atoms with Crippen LogP contribution in [-0.2, 0) is 19.0 Å². The van der Waals surface area contributed by atoms with E-state index in [2.05, 4.69) is 39.0 Å². The molecule has 6 atom stereocenters. The lowest BCUT2D eigenvalue weighted by Gasteiger charge is -2.56. The van der Waals surface area contributed by atoms with E-state index in [-0.39, 0.29) is 17.9 Å². The van der Waals surface area contributed by atoms with E-state index in [0.717, 1.165) is 11.6 Å². The van der Waals surface area contributed by atoms with Gasteiger partial charge >= 0.3 is 5.97 Å². The van der Waals surface area contributed by atoms with Crippen molar-refractivity contribution in [3.8, 4) is 0 Å². The number of carboxylic acid groups (broad SMARTS) is 1. The van der Waals surface area contributed by atoms with Crippen LogP contribution < -0.4 is 0 Å². The molecule has 0 aromatic rings. The number of carboxylic acids is 1. The predicted octanol–water partition coefficient (Wildman–Crippen LogP) is 3.07. The number of carbonyl (C=O) groups is 1. The number of rotatable bonds is 4. The van der Waals surface area contributed by atoms with Crippen LogP contribution in [-0.4, -0.2) is 40.8 Å². The number of ether oxygens (including phenoxy) is 3. The van der Waals surface area contributed by atoms with Crippen molar-refractivity contribution in [1.82, 2.24) is 0 Å². The molecule has 0 aliphatic carbocycles. The summed E-state index contributed by atoms with van der Waals surface area (Å²) >= 11 is 0. The molecule has 0 radical (unpaired) electrons. The molecule has 132 valence electrons. The van der Waals surface area contributed by atoms with E-state index < -0.39 is 23.0 Å². The molecule has 2 saturated heterocycles. The Morgan fingerprint density at radius 3 is 2.62 bits per heavy atom. The van der Waals surface area contributed by atoms with Gasteiger partial charge in [0.2, 0.25) is 5.79 Å². The Morgan fingerprint density at radius 2 is 2.04 bits per heavy atom. The molecule has 0 amide bonds. The van der Waals surface area contributed by atoms with Gasteiger partial charge in [0, 0.05) is 17.9 Å². The Labute approximate surface area is 143 Å². The fourth-order valence-corrected chi connectivity index (χ4v) is 3.78. The van der Waals surface area contributed by atoms with Crippen LogP contribution >= 0.6 is 0 Å². The van der Waals surface area contributed by atoms with Crippen LogP contribution in [0.5, 0.6) is 0 Å². The van der Waals surface area contributed by atoms with Crippen LogP contribution in [0.1, 0.15) is 34.6 Å². The molecule has 0 saturated carbocycles. The van der Waals surface area contributed by atoms with Crippen LogP contribution in [0.4, 0.5) is 0 Å². The smallest absolute Gasteiger partial charge is 0.328 e. The molecule has 3 rings (SSSR count). The van der Waals surface area contributed by atoms with E-state index in [1.54, 1.807) is 6.08 Å². The quantitative estimate of drug-likeness (QED) is 0.370. The Kier molecular flexibility index (Phi) is 4.02. The Bertz CT molecular complexity index is 630. The highest BCUT2D eigenvalue weighted by Crippen LogP contribution is 2.55. The molecular weight excluding hydrogens is 308 g/mol. The molecule has 2 bridgehead atoms. The summed E-state index contributed by atoms with van der Waals surface area (Å²) in [6.45, 7) is 10.8. The van der Waals surface area contributed by atoms with Gasteiger partial charge in [0.05, 0.1) is 18.3 Å². The zero-order valence-corrected chi connectivity index (χ0v) is 14.9. The van der Waals surface area contributed by atoms with Crippen LogP contribution in [0, 0.1) is 11.8 Å². The van der Waals surface area contributed by atoms with Gasteiger partial charge in [0.15, 0.2) is 5.60 Å². The van der Waals surface area contributed by atoms with Crippen LogP contribution in [0.25, 0.3) is 0 Å². The molecule has 3 aliphatic rings. The van der Waals surface area contributed by atoms with Crippen molar-refractivity contribution in [2.24, 2.45) is 11.8 Å². The van der Waals surface area contributed by atoms with Crippen LogP contribution in [0.2, 0.25) is 0 Å². The first-order valence-corrected chi connectivity index (χ1v) is 8.43. The summed E-state index contributed by atoms with van der Waals surface area (Å²) in [7, 11) is 0. The molecule has 0 aromatic heterocycles. The molecule has 3 aliphatic heterocycles. The monoisotopic (exact) mass is 334 g/mol. The first-order chi connectivity index (χ1) is 11.1. The number of hydrogen-bond acceptors (Lipinski definition) is 4. The van der Waals surface area contributed by atoms with Crippen molar-refractivity contribution in [2.45, 2.75) is 57.7 Å². The van der Waals surface area contributed by atoms with Gasteiger partial charge in [0.1, 0.15) is 0 Å². The van der Waals surface area contributed by atoms with Gasteiger partial charge in [-0.05, 0) is 26.8 Å². The lowest BCUT2D eigenvalue weighted by Crippen LogP contribution is -2.66. The second kappa shape index (κ2) is 5.55. The van der Waals surface area contributed by atoms with E-state index in [1.165, 1.54) is 0 Å². The van der Waals surface area contributed by atoms with Crippen molar-refractivity contribution < 1.29 is 24.1 Å². The zero-order valence-electron chi connectivity index (χ0n) is 14.9. The number of epoxide rings is 1. The molecule has 1 unspecified atom stereocenters. The first kappa shape index (κ1) is 17.4. The van der Waals surface area contributed by atoms with Gasteiger partial charge < -0.3 is 19.3 Å². The van der Waals surface area contributed by atoms with Crippen molar-refractivity contribution in [2.75, 3.05) is 6.61 Å². The number of fused-ring (bicyclic) bond motifs is 3. The van der Waals surface area contributed by atoms with Gasteiger partial charge in [0.25, 0.3) is 0 Å². The zero-order chi connectivity index (χ0) is 17.8. The van der Waals surface area contributed by atoms with Gasteiger partial charge in [-0.1, -0.05) is 37.6 Å². The molecule has 5 nitrogen and oxygen atoms in total. The van der Waals surface area contributed by atoms with Gasteiger partial charge in [-0.25, -0.2) is 4.79 Å². The highest BCUT2D eigenvalue weighted by molar-refractivity contribution is 5.80. The third kappa shape index (κ3) is 2.65. The number of aliphatic carboxylic acids is 1. The minimum absolute atomic E-state index is 0.0192. The fraction of sp³-hybridized carbons (Fsp3) is 0.632. The highest BCUT2D eigenvalue weighted by atomic mass is 16.8. The molecule has 1 N–H and O–H groups in total. The standard InChI is InChI=1S/C19H26O5/c1-12(6-7-16(20)21)10-13(2)17(4)14(3)15-8-9-19(11-22-19)18(5,23-15)24-17/h6-10,13-15H,11H2,1-5H3,(H,20,21)/b7-6+,12-10+/t13-,14+,15-,17-,18-,19?/m1/s1. The molecular formula is C19H26O5. The average Bonchev–Trinajstić information content (AvgIpc) is 3.28. The summed E-state index contributed by atoms with van der Waals surface area (Å²) in [5, 5.41) is 8.77. The van der Waals surface area contributed by atoms with Crippen molar-refractivity contribution in [3.63, 3.8) is 0 Å². The molecule has 0 aromatic carbocycles. The third-order valence-corrected chi connectivity index (χ3v) is 5.86. The maximum Gasteiger partial charge on any atom is 0.328 e. The Hall–Kier alpha value is -1.43. The van der Waals surface area contributed by atoms with E-state index in [1.807, 2.05) is 13.8 Å². The van der Waals surface area contributed by atoms with E-state index in [4.69, 9.17) is 19.3 Å². The predicted molar refractivity (Wildman–Crippen MR) is 89.5 cm³/mol. The van der Waals surface area contributed by atoms with Gasteiger partial charge in [-0.15, -0.1) is 0 Å². The number of allylic oxidation sites excluding steroid dienone is 2.